The zero-order valence-corrected chi connectivity index (χ0v) is 15.4. The molecule has 0 radical (unpaired) electrons. The molecule has 0 aromatic heterocycles. The van der Waals surface area contributed by atoms with Gasteiger partial charge in [0.05, 0.1) is 13.7 Å². The van der Waals surface area contributed by atoms with E-state index in [1.54, 1.807) is 19.2 Å². The summed E-state index contributed by atoms with van der Waals surface area (Å²) in [6.07, 6.45) is 0. The van der Waals surface area contributed by atoms with E-state index >= 15 is 0 Å². The van der Waals surface area contributed by atoms with Crippen molar-refractivity contribution in [3.05, 3.63) is 59.9 Å². The predicted octanol–water partition coefficient (Wildman–Crippen LogP) is 1.94. The van der Waals surface area contributed by atoms with Crippen molar-refractivity contribution in [2.45, 2.75) is 12.0 Å². The van der Waals surface area contributed by atoms with Crippen LogP contribution in [-0.2, 0) is 4.79 Å². The van der Waals surface area contributed by atoms with Gasteiger partial charge in [-0.2, -0.15) is 0 Å². The number of hydrogen-bond donors (Lipinski definition) is 3. The van der Waals surface area contributed by atoms with Gasteiger partial charge in [0.2, 0.25) is 5.91 Å². The van der Waals surface area contributed by atoms with Crippen LogP contribution in [0.15, 0.2) is 48.5 Å². The molecule has 28 heavy (non-hydrogen) atoms. The van der Waals surface area contributed by atoms with Gasteiger partial charge in [-0.25, -0.2) is 9.18 Å². The first-order valence-electron chi connectivity index (χ1n) is 8.88. The third kappa shape index (κ3) is 4.40. The topological polar surface area (TPSA) is 90.9 Å². The number of nitrogens with zero attached hydrogens (tertiary/aromatic N) is 1. The molecule has 1 aliphatic rings. The molecule has 0 saturated carbocycles. The van der Waals surface area contributed by atoms with Crippen molar-refractivity contribution in [2.24, 2.45) is 0 Å². The van der Waals surface area contributed by atoms with E-state index in [4.69, 9.17) is 4.74 Å². The number of carbonyl (C=O) groups excluding carboxylic acids is 2. The highest BCUT2D eigenvalue weighted by atomic mass is 19.1. The third-order valence-corrected chi connectivity index (χ3v) is 4.70. The van der Waals surface area contributed by atoms with E-state index in [9.17, 15) is 19.1 Å². The van der Waals surface area contributed by atoms with Crippen LogP contribution in [0.1, 0.15) is 11.5 Å². The molecule has 8 heteroatoms. The molecule has 0 bridgehead atoms. The molecular weight excluding hydrogens is 365 g/mol. The molecule has 1 heterocycles. The largest absolute Gasteiger partial charge is 0.497 e. The number of β-amino-alcohol motifs (C(OH)–C–C–N with tert-alkyl or cyclic N) is 1. The fourth-order valence-corrected chi connectivity index (χ4v) is 3.28. The number of amides is 3. The van der Waals surface area contributed by atoms with Crippen LogP contribution in [-0.4, -0.2) is 54.8 Å². The highest BCUT2D eigenvalue weighted by molar-refractivity contribution is 5.95. The lowest BCUT2D eigenvalue weighted by atomic mass is 9.94. The molecule has 1 unspecified atom stereocenters. The van der Waals surface area contributed by atoms with Gasteiger partial charge in [0.25, 0.3) is 0 Å². The summed E-state index contributed by atoms with van der Waals surface area (Å²) < 4.78 is 18.2. The third-order valence-electron chi connectivity index (χ3n) is 4.70. The van der Waals surface area contributed by atoms with Gasteiger partial charge in [-0.3, -0.25) is 4.79 Å². The zero-order chi connectivity index (χ0) is 20.1. The first-order valence-corrected chi connectivity index (χ1v) is 8.88. The van der Waals surface area contributed by atoms with Crippen molar-refractivity contribution < 1.29 is 23.8 Å². The quantitative estimate of drug-likeness (QED) is 0.707. The maximum atomic E-state index is 13.0. The number of aliphatic hydroxyl groups is 1. The van der Waals surface area contributed by atoms with Crippen molar-refractivity contribution in [3.63, 3.8) is 0 Å². The van der Waals surface area contributed by atoms with Gasteiger partial charge < -0.3 is 25.4 Å². The number of ether oxygens (including phenoxy) is 1. The Hall–Kier alpha value is -3.13. The van der Waals surface area contributed by atoms with Gasteiger partial charge >= 0.3 is 6.03 Å². The molecule has 2 aromatic rings. The van der Waals surface area contributed by atoms with Crippen LogP contribution in [0.3, 0.4) is 0 Å². The van der Waals surface area contributed by atoms with Gasteiger partial charge in [0.15, 0.2) is 0 Å². The van der Waals surface area contributed by atoms with E-state index in [1.165, 1.54) is 29.2 Å². The summed E-state index contributed by atoms with van der Waals surface area (Å²) in [5, 5.41) is 14.5. The number of anilines is 1. The van der Waals surface area contributed by atoms with Gasteiger partial charge in [-0.15, -0.1) is 0 Å². The van der Waals surface area contributed by atoms with Crippen LogP contribution < -0.4 is 15.4 Å². The average Bonchev–Trinajstić information content (AvgIpc) is 3.00. The molecule has 7 nitrogen and oxygen atoms in total. The van der Waals surface area contributed by atoms with E-state index < -0.39 is 17.9 Å². The summed E-state index contributed by atoms with van der Waals surface area (Å²) in [4.78, 5) is 26.6. The molecule has 3 N–H and O–H groups in total. The first-order chi connectivity index (χ1) is 13.5. The summed E-state index contributed by atoms with van der Waals surface area (Å²) in [6, 6.07) is 11.3. The number of aliphatic hydroxyl groups excluding tert-OH is 1. The van der Waals surface area contributed by atoms with Crippen LogP contribution in [0.2, 0.25) is 0 Å². The number of urea groups is 1. The SMILES string of the molecule is COc1ccc([C@@H]2CN(CCO)C(=O)C2NC(=O)Nc2ccc(F)cc2)cc1. The number of nitrogens with one attached hydrogen (secondary N) is 2. The van der Waals surface area contributed by atoms with E-state index in [1.807, 2.05) is 12.1 Å². The number of halogens is 1. The van der Waals surface area contributed by atoms with E-state index in [0.29, 0.717) is 18.0 Å². The van der Waals surface area contributed by atoms with Crippen LogP contribution in [0.5, 0.6) is 5.75 Å². The fourth-order valence-electron chi connectivity index (χ4n) is 3.28. The average molecular weight is 387 g/mol. The Morgan fingerprint density at radius 2 is 1.89 bits per heavy atom. The van der Waals surface area contributed by atoms with E-state index in [0.717, 1.165) is 5.56 Å². The molecule has 2 aromatic carbocycles. The van der Waals surface area contributed by atoms with Crippen molar-refractivity contribution >= 4 is 17.6 Å². The number of methoxy groups -OCH3 is 1. The molecule has 1 aliphatic heterocycles. The predicted molar refractivity (Wildman–Crippen MR) is 102 cm³/mol. The standard InChI is InChI=1S/C20H22FN3O4/c1-28-16-8-2-13(3-9-16)17-12-24(10-11-25)19(26)18(17)23-20(27)22-15-6-4-14(21)5-7-15/h2-9,17-18,25H,10-12H2,1H3,(H2,22,23,27)/t17-,18?/m0/s1. The van der Waals surface area contributed by atoms with Gasteiger partial charge in [0.1, 0.15) is 17.6 Å². The Morgan fingerprint density at radius 1 is 1.21 bits per heavy atom. The monoisotopic (exact) mass is 387 g/mol. The van der Waals surface area contributed by atoms with Crippen LogP contribution in [0, 0.1) is 5.82 Å². The molecule has 3 rings (SSSR count). The lowest BCUT2D eigenvalue weighted by Gasteiger charge is -2.19. The Labute approximate surface area is 162 Å². The minimum atomic E-state index is -0.777. The van der Waals surface area contributed by atoms with Crippen LogP contribution in [0.4, 0.5) is 14.9 Å². The number of hydrogen-bond acceptors (Lipinski definition) is 4. The van der Waals surface area contributed by atoms with Crippen molar-refractivity contribution in [3.8, 4) is 5.75 Å². The summed E-state index contributed by atoms with van der Waals surface area (Å²) in [6.45, 7) is 0.423. The van der Waals surface area contributed by atoms with Gasteiger partial charge in [-0.1, -0.05) is 12.1 Å². The number of benzene rings is 2. The number of carbonyl (C=O) groups is 2. The first kappa shape index (κ1) is 19.6. The lowest BCUT2D eigenvalue weighted by molar-refractivity contribution is -0.129. The minimum Gasteiger partial charge on any atom is -0.497 e. The van der Waals surface area contributed by atoms with Crippen molar-refractivity contribution in [1.29, 1.82) is 0 Å². The Bertz CT molecular complexity index is 826. The van der Waals surface area contributed by atoms with E-state index in [-0.39, 0.29) is 25.0 Å². The van der Waals surface area contributed by atoms with Crippen molar-refractivity contribution in [2.75, 3.05) is 32.1 Å². The Morgan fingerprint density at radius 3 is 2.50 bits per heavy atom. The van der Waals surface area contributed by atoms with Gasteiger partial charge in [-0.05, 0) is 42.0 Å². The second-order valence-electron chi connectivity index (χ2n) is 6.47. The normalized spacial score (nSPS) is 18.8. The Balaban J connectivity index is 1.76. The maximum Gasteiger partial charge on any atom is 0.319 e. The maximum absolute atomic E-state index is 13.0. The summed E-state index contributed by atoms with van der Waals surface area (Å²) in [7, 11) is 1.57. The summed E-state index contributed by atoms with van der Waals surface area (Å²) in [5.41, 5.74) is 1.29. The molecular formula is C20H22FN3O4. The minimum absolute atomic E-state index is 0.157. The van der Waals surface area contributed by atoms with Crippen molar-refractivity contribution in [1.82, 2.24) is 10.2 Å². The zero-order valence-electron chi connectivity index (χ0n) is 15.4. The lowest BCUT2D eigenvalue weighted by Crippen LogP contribution is -2.45. The van der Waals surface area contributed by atoms with E-state index in [2.05, 4.69) is 10.6 Å². The molecule has 0 spiro atoms. The molecule has 0 aliphatic carbocycles. The molecule has 1 fully saturated rings. The van der Waals surface area contributed by atoms with Crippen LogP contribution >= 0.6 is 0 Å². The molecule has 2 atom stereocenters. The smallest absolute Gasteiger partial charge is 0.319 e. The molecule has 3 amide bonds. The fraction of sp³-hybridized carbons (Fsp3) is 0.300. The number of rotatable bonds is 6. The number of likely N-dealkylation sites (tertiary alicyclic amines) is 1. The van der Waals surface area contributed by atoms with Gasteiger partial charge in [0, 0.05) is 24.7 Å². The summed E-state index contributed by atoms with van der Waals surface area (Å²) >= 11 is 0. The highest BCUT2D eigenvalue weighted by Gasteiger charge is 2.41. The van der Waals surface area contributed by atoms with Crippen LogP contribution in [0.25, 0.3) is 0 Å². The molecule has 148 valence electrons. The summed E-state index contributed by atoms with van der Waals surface area (Å²) in [5.74, 6) is -0.247. The Kier molecular flexibility index (Phi) is 6.10. The second kappa shape index (κ2) is 8.71. The molecule has 1 saturated heterocycles. The second-order valence-corrected chi connectivity index (χ2v) is 6.47. The highest BCUT2D eigenvalue weighted by Crippen LogP contribution is 2.30.